The zero-order valence-electron chi connectivity index (χ0n) is 12.6. The minimum absolute atomic E-state index is 0.0157. The first-order valence-corrected chi connectivity index (χ1v) is 9.36. The van der Waals surface area contributed by atoms with E-state index in [2.05, 4.69) is 10.6 Å². The number of sulfone groups is 1. The number of thiophene rings is 1. The molecule has 0 saturated heterocycles. The van der Waals surface area contributed by atoms with Crippen LogP contribution in [0.5, 0.6) is 0 Å². The monoisotopic (exact) mass is 352 g/mol. The van der Waals surface area contributed by atoms with Crippen LogP contribution in [0.3, 0.4) is 0 Å². The second-order valence-electron chi connectivity index (χ2n) is 4.60. The molecule has 2 rings (SSSR count). The molecule has 0 aliphatic rings. The summed E-state index contributed by atoms with van der Waals surface area (Å²) in [6, 6.07) is 7.61. The molecule has 1 heterocycles. The summed E-state index contributed by atoms with van der Waals surface area (Å²) in [4.78, 5) is 24.2. The summed E-state index contributed by atoms with van der Waals surface area (Å²) in [5.74, 6) is -0.985. The van der Waals surface area contributed by atoms with Gasteiger partial charge in [0.1, 0.15) is 5.00 Å². The molecule has 122 valence electrons. The van der Waals surface area contributed by atoms with Gasteiger partial charge in [-0.2, -0.15) is 0 Å². The van der Waals surface area contributed by atoms with Crippen molar-refractivity contribution >= 4 is 38.0 Å². The van der Waals surface area contributed by atoms with Gasteiger partial charge in [0.15, 0.2) is 9.84 Å². The van der Waals surface area contributed by atoms with Crippen molar-refractivity contribution in [3.63, 3.8) is 0 Å². The van der Waals surface area contributed by atoms with Crippen LogP contribution in [-0.2, 0) is 9.84 Å². The molecule has 0 saturated carbocycles. The summed E-state index contributed by atoms with van der Waals surface area (Å²) >= 11 is 1.19. The van der Waals surface area contributed by atoms with Crippen LogP contribution in [0.1, 0.15) is 27.6 Å². The van der Waals surface area contributed by atoms with Gasteiger partial charge >= 0.3 is 0 Å². The predicted octanol–water partition coefficient (Wildman–Crippen LogP) is 2.15. The van der Waals surface area contributed by atoms with E-state index in [4.69, 9.17) is 0 Å². The van der Waals surface area contributed by atoms with Crippen molar-refractivity contribution in [2.24, 2.45) is 0 Å². The van der Waals surface area contributed by atoms with Gasteiger partial charge in [0.05, 0.1) is 21.8 Å². The molecule has 0 radical (unpaired) electrons. The van der Waals surface area contributed by atoms with Gasteiger partial charge in [0, 0.05) is 7.05 Å². The fraction of sp³-hybridized carbons (Fsp3) is 0.200. The number of hydrogen-bond acceptors (Lipinski definition) is 5. The first-order valence-electron chi connectivity index (χ1n) is 6.83. The number of hydrogen-bond donors (Lipinski definition) is 2. The van der Waals surface area contributed by atoms with Crippen molar-refractivity contribution in [2.75, 3.05) is 18.1 Å². The molecule has 2 N–H and O–H groups in total. The van der Waals surface area contributed by atoms with Crippen LogP contribution in [0.25, 0.3) is 0 Å². The maximum absolute atomic E-state index is 12.5. The fourth-order valence-electron chi connectivity index (χ4n) is 1.97. The number of carbonyl (C=O) groups is 2. The van der Waals surface area contributed by atoms with Crippen LogP contribution in [0.2, 0.25) is 0 Å². The summed E-state index contributed by atoms with van der Waals surface area (Å²) < 4.78 is 24.2. The van der Waals surface area contributed by atoms with Gasteiger partial charge in [0.25, 0.3) is 11.8 Å². The Labute approximate surface area is 138 Å². The standard InChI is InChI=1S/C15H16N2O4S2/c1-3-23(20,21)12-7-5-4-6-10(12)14(19)17-15-11(8-9-22-15)13(18)16-2/h4-9H,3H2,1-2H3,(H,16,18)(H,17,19). The lowest BCUT2D eigenvalue weighted by Gasteiger charge is -2.10. The van der Waals surface area contributed by atoms with E-state index in [-0.39, 0.29) is 22.1 Å². The zero-order chi connectivity index (χ0) is 17.0. The number of anilines is 1. The number of carbonyl (C=O) groups excluding carboxylic acids is 2. The van der Waals surface area contributed by atoms with Crippen LogP contribution in [0.15, 0.2) is 40.6 Å². The molecule has 1 aromatic heterocycles. The molecule has 0 unspecified atom stereocenters. The second kappa shape index (κ2) is 6.93. The molecule has 0 aliphatic carbocycles. The summed E-state index contributed by atoms with van der Waals surface area (Å²) in [7, 11) is -2.03. The van der Waals surface area contributed by atoms with Crippen molar-refractivity contribution in [2.45, 2.75) is 11.8 Å². The first-order chi connectivity index (χ1) is 10.9. The maximum atomic E-state index is 12.5. The van der Waals surface area contributed by atoms with Crippen LogP contribution in [-0.4, -0.2) is 33.0 Å². The Bertz CT molecular complexity index is 841. The Morgan fingerprint density at radius 1 is 1.09 bits per heavy atom. The lowest BCUT2D eigenvalue weighted by molar-refractivity contribution is 0.0964. The smallest absolute Gasteiger partial charge is 0.257 e. The number of rotatable bonds is 5. The minimum atomic E-state index is -3.52. The van der Waals surface area contributed by atoms with Crippen molar-refractivity contribution in [3.05, 3.63) is 46.8 Å². The third-order valence-electron chi connectivity index (χ3n) is 3.21. The quantitative estimate of drug-likeness (QED) is 0.862. The highest BCUT2D eigenvalue weighted by Crippen LogP contribution is 2.25. The summed E-state index contributed by atoms with van der Waals surface area (Å²) in [6.07, 6.45) is 0. The Hall–Kier alpha value is -2.19. The summed E-state index contributed by atoms with van der Waals surface area (Å²) in [5, 5.41) is 7.15. The van der Waals surface area contributed by atoms with Gasteiger partial charge in [-0.3, -0.25) is 9.59 Å². The van der Waals surface area contributed by atoms with E-state index < -0.39 is 15.7 Å². The number of nitrogens with one attached hydrogen (secondary N) is 2. The molecule has 23 heavy (non-hydrogen) atoms. The maximum Gasteiger partial charge on any atom is 0.257 e. The fourth-order valence-corrected chi connectivity index (χ4v) is 3.84. The third kappa shape index (κ3) is 3.59. The molecule has 0 fully saturated rings. The second-order valence-corrected chi connectivity index (χ2v) is 7.76. The average Bonchev–Trinajstić information content (AvgIpc) is 3.02. The summed E-state index contributed by atoms with van der Waals surface area (Å²) in [5.41, 5.74) is 0.396. The minimum Gasteiger partial charge on any atom is -0.355 e. The lowest BCUT2D eigenvalue weighted by Crippen LogP contribution is -2.21. The Morgan fingerprint density at radius 2 is 1.78 bits per heavy atom. The van der Waals surface area contributed by atoms with Crippen LogP contribution < -0.4 is 10.6 Å². The molecule has 0 bridgehead atoms. The molecule has 2 amide bonds. The molecule has 8 heteroatoms. The highest BCUT2D eigenvalue weighted by Gasteiger charge is 2.22. The summed E-state index contributed by atoms with van der Waals surface area (Å²) in [6.45, 7) is 1.52. The lowest BCUT2D eigenvalue weighted by atomic mass is 10.2. The normalized spacial score (nSPS) is 11.0. The number of benzene rings is 1. The zero-order valence-corrected chi connectivity index (χ0v) is 14.3. The largest absolute Gasteiger partial charge is 0.355 e. The van der Waals surface area contributed by atoms with E-state index in [1.165, 1.54) is 37.4 Å². The molecule has 0 aliphatic heterocycles. The molecular formula is C15H16N2O4S2. The van der Waals surface area contributed by atoms with E-state index in [9.17, 15) is 18.0 Å². The average molecular weight is 352 g/mol. The first kappa shape index (κ1) is 17.2. The van der Waals surface area contributed by atoms with Crippen molar-refractivity contribution in [1.82, 2.24) is 5.32 Å². The van der Waals surface area contributed by atoms with Crippen LogP contribution in [0.4, 0.5) is 5.00 Å². The van der Waals surface area contributed by atoms with Crippen molar-refractivity contribution < 1.29 is 18.0 Å². The van der Waals surface area contributed by atoms with Gasteiger partial charge in [-0.1, -0.05) is 19.1 Å². The molecular weight excluding hydrogens is 336 g/mol. The Kier molecular flexibility index (Phi) is 5.17. The van der Waals surface area contributed by atoms with Gasteiger partial charge in [-0.15, -0.1) is 11.3 Å². The van der Waals surface area contributed by atoms with Gasteiger partial charge in [-0.05, 0) is 23.6 Å². The van der Waals surface area contributed by atoms with E-state index in [0.29, 0.717) is 10.6 Å². The van der Waals surface area contributed by atoms with Crippen molar-refractivity contribution in [1.29, 1.82) is 0 Å². The molecule has 0 atom stereocenters. The van der Waals surface area contributed by atoms with E-state index in [1.807, 2.05) is 0 Å². The van der Waals surface area contributed by atoms with E-state index in [0.717, 1.165) is 0 Å². The Morgan fingerprint density at radius 3 is 2.43 bits per heavy atom. The molecule has 0 spiro atoms. The highest BCUT2D eigenvalue weighted by atomic mass is 32.2. The van der Waals surface area contributed by atoms with Crippen LogP contribution in [0, 0.1) is 0 Å². The topological polar surface area (TPSA) is 92.3 Å². The number of amides is 2. The van der Waals surface area contributed by atoms with Crippen molar-refractivity contribution in [3.8, 4) is 0 Å². The molecule has 1 aromatic carbocycles. The molecule has 6 nitrogen and oxygen atoms in total. The van der Waals surface area contributed by atoms with E-state index >= 15 is 0 Å². The molecule has 2 aromatic rings. The van der Waals surface area contributed by atoms with Crippen LogP contribution >= 0.6 is 11.3 Å². The third-order valence-corrected chi connectivity index (χ3v) is 5.83. The Balaban J connectivity index is 2.37. The highest BCUT2D eigenvalue weighted by molar-refractivity contribution is 7.91. The predicted molar refractivity (Wildman–Crippen MR) is 89.8 cm³/mol. The van der Waals surface area contributed by atoms with E-state index in [1.54, 1.807) is 23.6 Å². The van der Waals surface area contributed by atoms with Gasteiger partial charge in [-0.25, -0.2) is 8.42 Å². The SMILES string of the molecule is CCS(=O)(=O)c1ccccc1C(=O)Nc1sccc1C(=O)NC. The van der Waals surface area contributed by atoms with Gasteiger partial charge in [0.2, 0.25) is 0 Å². The van der Waals surface area contributed by atoms with Gasteiger partial charge < -0.3 is 10.6 Å².